The first-order valence-electron chi connectivity index (χ1n) is 6.65. The molecule has 0 aromatic carbocycles. The highest BCUT2D eigenvalue weighted by Gasteiger charge is 2.26. The second-order valence-electron chi connectivity index (χ2n) is 5.22. The van der Waals surface area contributed by atoms with E-state index in [0.717, 1.165) is 31.7 Å². The van der Waals surface area contributed by atoms with Crippen molar-refractivity contribution < 1.29 is 9.90 Å². The fourth-order valence-electron chi connectivity index (χ4n) is 2.39. The van der Waals surface area contributed by atoms with Gasteiger partial charge >= 0.3 is 0 Å². The van der Waals surface area contributed by atoms with Gasteiger partial charge in [0, 0.05) is 40.0 Å². The molecular formula is C14H21N3O2. The Bertz CT molecular complexity index is 431. The Morgan fingerprint density at radius 3 is 2.89 bits per heavy atom. The number of carbonyl (C=O) groups is 1. The average molecular weight is 263 g/mol. The van der Waals surface area contributed by atoms with Crippen molar-refractivity contribution in [3.05, 3.63) is 23.9 Å². The summed E-state index contributed by atoms with van der Waals surface area (Å²) >= 11 is 0. The van der Waals surface area contributed by atoms with Gasteiger partial charge in [0.05, 0.1) is 5.56 Å². The normalized spacial score (nSPS) is 18.7. The molecule has 0 bridgehead atoms. The minimum absolute atomic E-state index is 0.0400. The van der Waals surface area contributed by atoms with Crippen molar-refractivity contribution in [2.24, 2.45) is 5.92 Å². The molecule has 0 spiro atoms. The number of hydrogen-bond acceptors (Lipinski definition) is 4. The fourth-order valence-corrected chi connectivity index (χ4v) is 2.39. The van der Waals surface area contributed by atoms with Crippen LogP contribution in [0.1, 0.15) is 23.2 Å². The first kappa shape index (κ1) is 13.8. The second kappa shape index (κ2) is 6.02. The zero-order chi connectivity index (χ0) is 13.8. The predicted octanol–water partition coefficient (Wildman–Crippen LogP) is 0.992. The quantitative estimate of drug-likeness (QED) is 0.880. The molecule has 1 aliphatic rings. The lowest BCUT2D eigenvalue weighted by molar-refractivity contribution is 0.0784. The SMILES string of the molecule is CN(C)c1ccc(C(=O)N2CCC(CCO)C2)cn1. The minimum Gasteiger partial charge on any atom is -0.396 e. The molecule has 2 rings (SSSR count). The van der Waals surface area contributed by atoms with Crippen LogP contribution in [-0.4, -0.2) is 54.7 Å². The van der Waals surface area contributed by atoms with E-state index in [1.54, 1.807) is 6.20 Å². The van der Waals surface area contributed by atoms with Gasteiger partial charge in [0.2, 0.25) is 0 Å². The highest BCUT2D eigenvalue weighted by Crippen LogP contribution is 2.21. The largest absolute Gasteiger partial charge is 0.396 e. The Labute approximate surface area is 113 Å². The maximum atomic E-state index is 12.3. The van der Waals surface area contributed by atoms with Gasteiger partial charge < -0.3 is 14.9 Å². The summed E-state index contributed by atoms with van der Waals surface area (Å²) in [7, 11) is 3.84. The van der Waals surface area contributed by atoms with Crippen LogP contribution in [0.5, 0.6) is 0 Å². The summed E-state index contributed by atoms with van der Waals surface area (Å²) in [6.45, 7) is 1.72. The lowest BCUT2D eigenvalue weighted by Gasteiger charge is -2.17. The number of likely N-dealkylation sites (tertiary alicyclic amines) is 1. The third kappa shape index (κ3) is 3.23. The summed E-state index contributed by atoms with van der Waals surface area (Å²) < 4.78 is 0. The van der Waals surface area contributed by atoms with Crippen molar-refractivity contribution in [1.29, 1.82) is 0 Å². The van der Waals surface area contributed by atoms with E-state index in [-0.39, 0.29) is 12.5 Å². The topological polar surface area (TPSA) is 56.7 Å². The van der Waals surface area contributed by atoms with Crippen molar-refractivity contribution >= 4 is 11.7 Å². The second-order valence-corrected chi connectivity index (χ2v) is 5.22. The number of amides is 1. The van der Waals surface area contributed by atoms with Crippen LogP contribution in [0.3, 0.4) is 0 Å². The van der Waals surface area contributed by atoms with Crippen LogP contribution in [0.2, 0.25) is 0 Å². The van der Waals surface area contributed by atoms with Crippen molar-refractivity contribution in [3.63, 3.8) is 0 Å². The molecule has 1 aromatic heterocycles. The highest BCUT2D eigenvalue weighted by atomic mass is 16.3. The molecule has 1 aliphatic heterocycles. The minimum atomic E-state index is 0.0400. The number of carbonyl (C=O) groups excluding carboxylic acids is 1. The van der Waals surface area contributed by atoms with Crippen LogP contribution in [-0.2, 0) is 0 Å². The van der Waals surface area contributed by atoms with Crippen LogP contribution < -0.4 is 4.90 Å². The molecule has 0 saturated carbocycles. The summed E-state index contributed by atoms with van der Waals surface area (Å²) in [4.78, 5) is 20.3. The van der Waals surface area contributed by atoms with Crippen LogP contribution >= 0.6 is 0 Å². The van der Waals surface area contributed by atoms with Gasteiger partial charge in [-0.2, -0.15) is 0 Å². The Morgan fingerprint density at radius 1 is 1.53 bits per heavy atom. The molecule has 1 atom stereocenters. The number of pyridine rings is 1. The molecule has 1 N–H and O–H groups in total. The Hall–Kier alpha value is -1.62. The maximum absolute atomic E-state index is 12.3. The van der Waals surface area contributed by atoms with E-state index in [1.807, 2.05) is 36.0 Å². The van der Waals surface area contributed by atoms with Crippen molar-refractivity contribution in [2.75, 3.05) is 38.7 Å². The Kier molecular flexibility index (Phi) is 4.37. The standard InChI is InChI=1S/C14H21N3O2/c1-16(2)13-4-3-12(9-15-13)14(19)17-7-5-11(10-17)6-8-18/h3-4,9,11,18H,5-8,10H2,1-2H3. The van der Waals surface area contributed by atoms with Gasteiger partial charge in [0.25, 0.3) is 5.91 Å². The number of hydrogen-bond donors (Lipinski definition) is 1. The number of rotatable bonds is 4. The van der Waals surface area contributed by atoms with Crippen LogP contribution in [0.4, 0.5) is 5.82 Å². The summed E-state index contributed by atoms with van der Waals surface area (Å²) in [5.41, 5.74) is 0.634. The van der Waals surface area contributed by atoms with Gasteiger partial charge in [0.15, 0.2) is 0 Å². The molecule has 0 aliphatic carbocycles. The monoisotopic (exact) mass is 263 g/mol. The molecule has 2 heterocycles. The van der Waals surface area contributed by atoms with Gasteiger partial charge in [-0.05, 0) is 30.9 Å². The van der Waals surface area contributed by atoms with Gasteiger partial charge in [-0.3, -0.25) is 4.79 Å². The third-order valence-electron chi connectivity index (χ3n) is 3.56. The molecular weight excluding hydrogens is 242 g/mol. The van der Waals surface area contributed by atoms with Gasteiger partial charge in [-0.15, -0.1) is 0 Å². The molecule has 1 saturated heterocycles. The van der Waals surface area contributed by atoms with Gasteiger partial charge in [-0.1, -0.05) is 0 Å². The smallest absolute Gasteiger partial charge is 0.255 e. The van der Waals surface area contributed by atoms with E-state index in [1.165, 1.54) is 0 Å². The van der Waals surface area contributed by atoms with Gasteiger partial charge in [0.1, 0.15) is 5.82 Å². The fraction of sp³-hybridized carbons (Fsp3) is 0.571. The van der Waals surface area contributed by atoms with E-state index in [9.17, 15) is 4.79 Å². The average Bonchev–Trinajstić information content (AvgIpc) is 2.87. The molecule has 5 heteroatoms. The highest BCUT2D eigenvalue weighted by molar-refractivity contribution is 5.94. The number of anilines is 1. The molecule has 19 heavy (non-hydrogen) atoms. The van der Waals surface area contributed by atoms with Crippen LogP contribution in [0, 0.1) is 5.92 Å². The lowest BCUT2D eigenvalue weighted by Crippen LogP contribution is -2.29. The van der Waals surface area contributed by atoms with E-state index in [2.05, 4.69) is 4.98 Å². The molecule has 104 valence electrons. The zero-order valence-corrected chi connectivity index (χ0v) is 11.5. The summed E-state index contributed by atoms with van der Waals surface area (Å²) in [5.74, 6) is 1.32. The molecule has 5 nitrogen and oxygen atoms in total. The van der Waals surface area contributed by atoms with E-state index in [0.29, 0.717) is 11.5 Å². The first-order chi connectivity index (χ1) is 9.11. The predicted molar refractivity (Wildman–Crippen MR) is 74.3 cm³/mol. The Balaban J connectivity index is 2.00. The summed E-state index contributed by atoms with van der Waals surface area (Å²) in [6.07, 6.45) is 3.40. The van der Waals surface area contributed by atoms with Crippen molar-refractivity contribution in [2.45, 2.75) is 12.8 Å². The van der Waals surface area contributed by atoms with Gasteiger partial charge in [-0.25, -0.2) is 4.98 Å². The van der Waals surface area contributed by atoms with E-state index in [4.69, 9.17) is 5.11 Å². The lowest BCUT2D eigenvalue weighted by atomic mass is 10.1. The van der Waals surface area contributed by atoms with Crippen molar-refractivity contribution in [3.8, 4) is 0 Å². The molecule has 1 unspecified atom stereocenters. The summed E-state index contributed by atoms with van der Waals surface area (Å²) in [5, 5.41) is 8.93. The number of nitrogens with zero attached hydrogens (tertiary/aromatic N) is 3. The summed E-state index contributed by atoms with van der Waals surface area (Å²) in [6, 6.07) is 3.68. The van der Waals surface area contributed by atoms with Crippen molar-refractivity contribution in [1.82, 2.24) is 9.88 Å². The Morgan fingerprint density at radius 2 is 2.32 bits per heavy atom. The van der Waals surface area contributed by atoms with E-state index >= 15 is 0 Å². The molecule has 0 radical (unpaired) electrons. The third-order valence-corrected chi connectivity index (χ3v) is 3.56. The maximum Gasteiger partial charge on any atom is 0.255 e. The van der Waals surface area contributed by atoms with Crippen LogP contribution in [0.25, 0.3) is 0 Å². The first-order valence-corrected chi connectivity index (χ1v) is 6.65. The number of aliphatic hydroxyl groups excluding tert-OH is 1. The zero-order valence-electron chi connectivity index (χ0n) is 11.5. The number of aromatic nitrogens is 1. The van der Waals surface area contributed by atoms with Crippen LogP contribution in [0.15, 0.2) is 18.3 Å². The van der Waals surface area contributed by atoms with E-state index < -0.39 is 0 Å². The number of aliphatic hydroxyl groups is 1. The molecule has 1 aromatic rings. The molecule has 1 amide bonds. The molecule has 1 fully saturated rings.